The summed E-state index contributed by atoms with van der Waals surface area (Å²) < 4.78 is 10.6. The number of carbonyl (C=O) groups is 2. The number of hydrogen-bond donors (Lipinski definition) is 1. The molecule has 6 nitrogen and oxygen atoms in total. The highest BCUT2D eigenvalue weighted by Gasteiger charge is 2.45. The molecule has 1 N–H and O–H groups in total. The summed E-state index contributed by atoms with van der Waals surface area (Å²) in [6.07, 6.45) is 3.23. The summed E-state index contributed by atoms with van der Waals surface area (Å²) in [6.45, 7) is 3.49. The number of benzene rings is 2. The molecule has 1 atom stereocenters. The highest BCUT2D eigenvalue weighted by Crippen LogP contribution is 2.44. The molecule has 4 rings (SSSR count). The second kappa shape index (κ2) is 8.14. The van der Waals surface area contributed by atoms with Crippen LogP contribution in [0.5, 0.6) is 5.75 Å². The molecule has 0 spiro atoms. The van der Waals surface area contributed by atoms with Gasteiger partial charge in [0.15, 0.2) is 11.5 Å². The molecule has 6 heteroatoms. The summed E-state index contributed by atoms with van der Waals surface area (Å²) in [5.41, 5.74) is 3.12. The van der Waals surface area contributed by atoms with Crippen LogP contribution in [0.2, 0.25) is 0 Å². The Bertz CT molecular complexity index is 1140. The first-order chi connectivity index (χ1) is 14.9. The molecular formula is C25H23NO5. The van der Waals surface area contributed by atoms with Crippen LogP contribution in [0.15, 0.2) is 82.9 Å². The quantitative estimate of drug-likeness (QED) is 0.605. The zero-order chi connectivity index (χ0) is 22.1. The molecule has 0 fully saturated rings. The van der Waals surface area contributed by atoms with Gasteiger partial charge < -0.3 is 14.3 Å². The standard InChI is InChI=1S/C25H23NO5/c1-15(2)23(27)21-22(19-6-4-5-7-20(19)30-3)26(25(29)24(21)28)18-10-8-16(9-11-18)17-12-13-31-14-17/h4-15,22,28H,1-3H3. The summed E-state index contributed by atoms with van der Waals surface area (Å²) in [4.78, 5) is 27.6. The molecule has 158 valence electrons. The van der Waals surface area contributed by atoms with Crippen LogP contribution in [0.3, 0.4) is 0 Å². The molecule has 0 saturated heterocycles. The van der Waals surface area contributed by atoms with Gasteiger partial charge in [-0.2, -0.15) is 0 Å². The molecule has 1 unspecified atom stereocenters. The minimum atomic E-state index is -0.793. The molecule has 0 saturated carbocycles. The van der Waals surface area contributed by atoms with Crippen molar-refractivity contribution in [2.75, 3.05) is 12.0 Å². The largest absolute Gasteiger partial charge is 0.503 e. The number of furan rings is 1. The van der Waals surface area contributed by atoms with Gasteiger partial charge in [-0.3, -0.25) is 14.5 Å². The second-order valence-electron chi connectivity index (χ2n) is 7.66. The molecule has 0 bridgehead atoms. The number of amides is 1. The number of aliphatic hydroxyl groups excluding tert-OH is 1. The number of nitrogens with zero attached hydrogens (tertiary/aromatic N) is 1. The third kappa shape index (κ3) is 3.50. The fourth-order valence-electron chi connectivity index (χ4n) is 3.86. The number of hydrogen-bond acceptors (Lipinski definition) is 5. The molecule has 3 aromatic rings. The number of rotatable bonds is 6. The van der Waals surface area contributed by atoms with Gasteiger partial charge in [-0.15, -0.1) is 0 Å². The fraction of sp³-hybridized carbons (Fsp3) is 0.200. The Labute approximate surface area is 180 Å². The van der Waals surface area contributed by atoms with Crippen molar-refractivity contribution in [2.24, 2.45) is 5.92 Å². The van der Waals surface area contributed by atoms with Gasteiger partial charge in [0, 0.05) is 22.7 Å². The van der Waals surface area contributed by atoms with E-state index in [1.807, 2.05) is 30.3 Å². The number of methoxy groups -OCH3 is 1. The number of ether oxygens (including phenoxy) is 1. The van der Waals surface area contributed by atoms with Crippen LogP contribution < -0.4 is 9.64 Å². The van der Waals surface area contributed by atoms with E-state index >= 15 is 0 Å². The molecule has 1 aromatic heterocycles. The predicted octanol–water partition coefficient (Wildman–Crippen LogP) is 5.08. The highest BCUT2D eigenvalue weighted by molar-refractivity contribution is 6.17. The highest BCUT2D eigenvalue weighted by atomic mass is 16.5. The summed E-state index contributed by atoms with van der Waals surface area (Å²) in [5, 5.41) is 10.7. The number of anilines is 1. The monoisotopic (exact) mass is 417 g/mol. The van der Waals surface area contributed by atoms with E-state index in [4.69, 9.17) is 9.15 Å². The maximum Gasteiger partial charge on any atom is 0.294 e. The van der Waals surface area contributed by atoms with Crippen molar-refractivity contribution >= 4 is 17.4 Å². The van der Waals surface area contributed by atoms with Crippen molar-refractivity contribution in [1.29, 1.82) is 0 Å². The van der Waals surface area contributed by atoms with Crippen LogP contribution in [-0.2, 0) is 9.59 Å². The number of carbonyl (C=O) groups excluding carboxylic acids is 2. The van der Waals surface area contributed by atoms with Crippen LogP contribution in [-0.4, -0.2) is 23.9 Å². The zero-order valence-corrected chi connectivity index (χ0v) is 17.5. The molecule has 1 aliphatic rings. The van der Waals surface area contributed by atoms with E-state index < -0.39 is 17.7 Å². The van der Waals surface area contributed by atoms with E-state index in [-0.39, 0.29) is 17.3 Å². The van der Waals surface area contributed by atoms with Gasteiger partial charge in [-0.1, -0.05) is 44.2 Å². The Morgan fingerprint density at radius 1 is 1.06 bits per heavy atom. The third-order valence-corrected chi connectivity index (χ3v) is 5.43. The first kappa shape index (κ1) is 20.5. The van der Waals surface area contributed by atoms with Crippen molar-refractivity contribution in [1.82, 2.24) is 0 Å². The lowest BCUT2D eigenvalue weighted by molar-refractivity contribution is -0.119. The van der Waals surface area contributed by atoms with Gasteiger partial charge in [0.1, 0.15) is 5.75 Å². The summed E-state index contributed by atoms with van der Waals surface area (Å²) in [6, 6.07) is 15.6. The van der Waals surface area contributed by atoms with Crippen molar-refractivity contribution in [3.63, 3.8) is 0 Å². The fourth-order valence-corrected chi connectivity index (χ4v) is 3.86. The van der Waals surface area contributed by atoms with Gasteiger partial charge in [-0.25, -0.2) is 0 Å². The lowest BCUT2D eigenvalue weighted by Gasteiger charge is -2.28. The maximum atomic E-state index is 13.2. The van der Waals surface area contributed by atoms with Crippen LogP contribution in [0.4, 0.5) is 5.69 Å². The van der Waals surface area contributed by atoms with Crippen molar-refractivity contribution in [3.8, 4) is 16.9 Å². The number of para-hydroxylation sites is 1. The average molecular weight is 417 g/mol. The Hall–Kier alpha value is -3.80. The Balaban J connectivity index is 1.84. The van der Waals surface area contributed by atoms with E-state index in [1.54, 1.807) is 50.6 Å². The lowest BCUT2D eigenvalue weighted by Crippen LogP contribution is -2.31. The molecular weight excluding hydrogens is 394 g/mol. The van der Waals surface area contributed by atoms with Crippen molar-refractivity contribution < 1.29 is 23.8 Å². The molecule has 0 radical (unpaired) electrons. The topological polar surface area (TPSA) is 80.0 Å². The lowest BCUT2D eigenvalue weighted by atomic mass is 9.90. The van der Waals surface area contributed by atoms with Gasteiger partial charge in [-0.05, 0) is 29.8 Å². The van der Waals surface area contributed by atoms with E-state index in [9.17, 15) is 14.7 Å². The van der Waals surface area contributed by atoms with E-state index in [0.717, 1.165) is 11.1 Å². The zero-order valence-electron chi connectivity index (χ0n) is 17.5. The van der Waals surface area contributed by atoms with Crippen LogP contribution in [0.1, 0.15) is 25.5 Å². The Kier molecular flexibility index (Phi) is 5.38. The third-order valence-electron chi connectivity index (χ3n) is 5.43. The van der Waals surface area contributed by atoms with Crippen LogP contribution >= 0.6 is 0 Å². The molecule has 31 heavy (non-hydrogen) atoms. The summed E-state index contributed by atoms with van der Waals surface area (Å²) in [7, 11) is 1.53. The minimum absolute atomic E-state index is 0.0865. The minimum Gasteiger partial charge on any atom is -0.503 e. The smallest absolute Gasteiger partial charge is 0.294 e. The summed E-state index contributed by atoms with van der Waals surface area (Å²) in [5.74, 6) is -1.27. The van der Waals surface area contributed by atoms with Crippen molar-refractivity contribution in [2.45, 2.75) is 19.9 Å². The molecule has 2 heterocycles. The van der Waals surface area contributed by atoms with Crippen molar-refractivity contribution in [3.05, 3.63) is 84.0 Å². The van der Waals surface area contributed by atoms with Gasteiger partial charge in [0.25, 0.3) is 5.91 Å². The van der Waals surface area contributed by atoms with Crippen LogP contribution in [0.25, 0.3) is 11.1 Å². The van der Waals surface area contributed by atoms with Gasteiger partial charge >= 0.3 is 0 Å². The van der Waals surface area contributed by atoms with Gasteiger partial charge in [0.05, 0.1) is 31.3 Å². The Morgan fingerprint density at radius 2 is 1.77 bits per heavy atom. The normalized spacial score (nSPS) is 16.3. The molecule has 0 aliphatic carbocycles. The number of Topliss-reactive ketones (excluding diaryl/α,β-unsaturated/α-hetero) is 1. The first-order valence-corrected chi connectivity index (χ1v) is 10.0. The van der Waals surface area contributed by atoms with Crippen LogP contribution in [0, 0.1) is 5.92 Å². The first-order valence-electron chi connectivity index (χ1n) is 10.0. The van der Waals surface area contributed by atoms with E-state index in [0.29, 0.717) is 17.0 Å². The SMILES string of the molecule is COc1ccccc1C1C(C(=O)C(C)C)=C(O)C(=O)N1c1ccc(-c2ccoc2)cc1. The average Bonchev–Trinajstić information content (AvgIpc) is 3.41. The summed E-state index contributed by atoms with van der Waals surface area (Å²) >= 11 is 0. The van der Waals surface area contributed by atoms with Gasteiger partial charge in [0.2, 0.25) is 0 Å². The number of ketones is 1. The second-order valence-corrected chi connectivity index (χ2v) is 7.66. The maximum absolute atomic E-state index is 13.2. The molecule has 2 aromatic carbocycles. The molecule has 1 aliphatic heterocycles. The number of aliphatic hydroxyl groups is 1. The van der Waals surface area contributed by atoms with E-state index in [2.05, 4.69) is 0 Å². The molecule has 1 amide bonds. The predicted molar refractivity (Wildman–Crippen MR) is 117 cm³/mol. The Morgan fingerprint density at radius 3 is 2.39 bits per heavy atom. The van der Waals surface area contributed by atoms with E-state index in [1.165, 1.54) is 12.0 Å².